The summed E-state index contributed by atoms with van der Waals surface area (Å²) in [5.74, 6) is -0.200. The van der Waals surface area contributed by atoms with Crippen LogP contribution < -0.4 is 0 Å². The number of ether oxygens (including phenoxy) is 1. The van der Waals surface area contributed by atoms with Crippen LogP contribution in [0.2, 0.25) is 0 Å². The molecule has 1 saturated heterocycles. The second kappa shape index (κ2) is 6.33. The van der Waals surface area contributed by atoms with E-state index in [1.807, 2.05) is 44.2 Å². The van der Waals surface area contributed by atoms with Gasteiger partial charge >= 0.3 is 5.00 Å². The highest BCUT2D eigenvalue weighted by molar-refractivity contribution is 7.13. The molecule has 1 amide bonds. The van der Waals surface area contributed by atoms with E-state index in [4.69, 9.17) is 4.74 Å². The molecule has 1 aliphatic heterocycles. The Balaban J connectivity index is 1.85. The summed E-state index contributed by atoms with van der Waals surface area (Å²) in [6.07, 6.45) is -0.197. The SMILES string of the molecule is CC1(C)CO[C@@H](c2ccccc2)CN1C(=O)c1csc([N+](=O)[O-])c1. The van der Waals surface area contributed by atoms with Gasteiger partial charge in [0.05, 0.1) is 29.2 Å². The van der Waals surface area contributed by atoms with Gasteiger partial charge in [-0.2, -0.15) is 0 Å². The molecule has 1 atom stereocenters. The lowest BCUT2D eigenvalue weighted by Crippen LogP contribution is -2.56. The molecule has 0 saturated carbocycles. The lowest BCUT2D eigenvalue weighted by atomic mass is 9.97. The van der Waals surface area contributed by atoms with Crippen LogP contribution in [0.4, 0.5) is 5.00 Å². The molecule has 24 heavy (non-hydrogen) atoms. The number of carbonyl (C=O) groups is 1. The zero-order chi connectivity index (χ0) is 17.3. The van der Waals surface area contributed by atoms with E-state index in [2.05, 4.69) is 0 Å². The number of hydrogen-bond acceptors (Lipinski definition) is 5. The molecule has 0 aliphatic carbocycles. The second-order valence-electron chi connectivity index (χ2n) is 6.37. The van der Waals surface area contributed by atoms with Crippen LogP contribution in [0.3, 0.4) is 0 Å². The van der Waals surface area contributed by atoms with Crippen LogP contribution in [-0.4, -0.2) is 34.4 Å². The van der Waals surface area contributed by atoms with Crippen molar-refractivity contribution in [1.29, 1.82) is 0 Å². The standard InChI is InChI=1S/C17H18N2O4S/c1-17(2)11-23-14(12-6-4-3-5-7-12)9-18(17)16(20)13-8-15(19(21)22)24-10-13/h3-8,10,14H,9,11H2,1-2H3/t14-/m1/s1. The number of nitro groups is 1. The summed E-state index contributed by atoms with van der Waals surface area (Å²) in [4.78, 5) is 25.0. The smallest absolute Gasteiger partial charge is 0.324 e. The Morgan fingerprint density at radius 1 is 1.38 bits per heavy atom. The van der Waals surface area contributed by atoms with E-state index in [9.17, 15) is 14.9 Å². The monoisotopic (exact) mass is 346 g/mol. The fraction of sp³-hybridized carbons (Fsp3) is 0.353. The van der Waals surface area contributed by atoms with Crippen LogP contribution in [0.15, 0.2) is 41.8 Å². The van der Waals surface area contributed by atoms with Crippen molar-refractivity contribution < 1.29 is 14.5 Å². The van der Waals surface area contributed by atoms with Crippen LogP contribution in [0.1, 0.15) is 35.9 Å². The predicted octanol–water partition coefficient (Wildman–Crippen LogP) is 3.65. The highest BCUT2D eigenvalue weighted by atomic mass is 32.1. The fourth-order valence-electron chi connectivity index (χ4n) is 2.76. The molecule has 3 rings (SSSR count). The molecule has 126 valence electrons. The molecule has 1 fully saturated rings. The molecular weight excluding hydrogens is 328 g/mol. The van der Waals surface area contributed by atoms with E-state index in [0.29, 0.717) is 18.7 Å². The lowest BCUT2D eigenvalue weighted by molar-refractivity contribution is -0.380. The van der Waals surface area contributed by atoms with Gasteiger partial charge in [-0.15, -0.1) is 0 Å². The van der Waals surface area contributed by atoms with Crippen LogP contribution in [0.5, 0.6) is 0 Å². The summed E-state index contributed by atoms with van der Waals surface area (Å²) < 4.78 is 5.94. The van der Waals surface area contributed by atoms with Crippen LogP contribution in [-0.2, 0) is 4.74 Å². The molecule has 6 nitrogen and oxygen atoms in total. The number of thiophene rings is 1. The van der Waals surface area contributed by atoms with E-state index in [-0.39, 0.29) is 17.0 Å². The minimum Gasteiger partial charge on any atom is -0.369 e. The number of benzene rings is 1. The number of morpholine rings is 1. The Bertz CT molecular complexity index is 757. The highest BCUT2D eigenvalue weighted by Crippen LogP contribution is 2.33. The number of hydrogen-bond donors (Lipinski definition) is 0. The van der Waals surface area contributed by atoms with Gasteiger partial charge in [0, 0.05) is 11.4 Å². The summed E-state index contributed by atoms with van der Waals surface area (Å²) in [6, 6.07) is 11.1. The number of carbonyl (C=O) groups excluding carboxylic acids is 1. The quantitative estimate of drug-likeness (QED) is 0.628. The average molecular weight is 346 g/mol. The molecule has 0 radical (unpaired) electrons. The van der Waals surface area contributed by atoms with Crippen molar-refractivity contribution in [2.24, 2.45) is 0 Å². The van der Waals surface area contributed by atoms with Crippen LogP contribution in [0, 0.1) is 10.1 Å². The third kappa shape index (κ3) is 3.18. The Labute approximate surface area is 143 Å². The molecule has 2 heterocycles. The molecule has 0 N–H and O–H groups in total. The zero-order valence-electron chi connectivity index (χ0n) is 13.5. The molecule has 0 spiro atoms. The van der Waals surface area contributed by atoms with Crippen LogP contribution >= 0.6 is 11.3 Å². The summed E-state index contributed by atoms with van der Waals surface area (Å²) >= 11 is 0.969. The van der Waals surface area contributed by atoms with E-state index in [1.54, 1.807) is 10.3 Å². The molecule has 1 aromatic carbocycles. The van der Waals surface area contributed by atoms with Crippen molar-refractivity contribution in [3.05, 3.63) is 63.0 Å². The van der Waals surface area contributed by atoms with Gasteiger partial charge in [-0.3, -0.25) is 14.9 Å². The topological polar surface area (TPSA) is 72.7 Å². The minimum absolute atomic E-state index is 0.0241. The maximum absolute atomic E-state index is 12.9. The lowest BCUT2D eigenvalue weighted by Gasteiger charge is -2.45. The van der Waals surface area contributed by atoms with Gasteiger partial charge in [-0.25, -0.2) is 0 Å². The Hall–Kier alpha value is -2.25. The van der Waals surface area contributed by atoms with Gasteiger partial charge in [-0.1, -0.05) is 41.7 Å². The number of rotatable bonds is 3. The first-order valence-corrected chi connectivity index (χ1v) is 8.48. The van der Waals surface area contributed by atoms with E-state index in [1.165, 1.54) is 6.07 Å². The van der Waals surface area contributed by atoms with Gasteiger partial charge in [-0.05, 0) is 19.4 Å². The first-order chi connectivity index (χ1) is 11.4. The molecule has 7 heteroatoms. The highest BCUT2D eigenvalue weighted by Gasteiger charge is 2.39. The minimum atomic E-state index is -0.474. The predicted molar refractivity (Wildman–Crippen MR) is 91.2 cm³/mol. The Morgan fingerprint density at radius 3 is 2.71 bits per heavy atom. The van der Waals surface area contributed by atoms with E-state index in [0.717, 1.165) is 16.9 Å². The summed E-state index contributed by atoms with van der Waals surface area (Å²) in [6.45, 7) is 4.70. The second-order valence-corrected chi connectivity index (χ2v) is 7.26. The van der Waals surface area contributed by atoms with Crippen molar-refractivity contribution in [2.75, 3.05) is 13.2 Å². The summed E-state index contributed by atoms with van der Waals surface area (Å²) in [7, 11) is 0. The molecule has 0 bridgehead atoms. The van der Waals surface area contributed by atoms with Crippen molar-refractivity contribution in [3.8, 4) is 0 Å². The van der Waals surface area contributed by atoms with Crippen LogP contribution in [0.25, 0.3) is 0 Å². The van der Waals surface area contributed by atoms with Crippen molar-refractivity contribution >= 4 is 22.2 Å². The van der Waals surface area contributed by atoms with Crippen molar-refractivity contribution in [1.82, 2.24) is 4.90 Å². The summed E-state index contributed by atoms with van der Waals surface area (Å²) in [5, 5.41) is 12.4. The molecule has 1 aromatic heterocycles. The third-order valence-corrected chi connectivity index (χ3v) is 5.03. The van der Waals surface area contributed by atoms with Gasteiger partial charge < -0.3 is 9.64 Å². The number of amides is 1. The normalized spacial score (nSPS) is 19.9. The van der Waals surface area contributed by atoms with Gasteiger partial charge in [0.2, 0.25) is 0 Å². The van der Waals surface area contributed by atoms with Gasteiger partial charge in [0.25, 0.3) is 5.91 Å². The molecule has 2 aromatic rings. The first-order valence-electron chi connectivity index (χ1n) is 7.60. The van der Waals surface area contributed by atoms with E-state index >= 15 is 0 Å². The largest absolute Gasteiger partial charge is 0.369 e. The molecule has 1 aliphatic rings. The van der Waals surface area contributed by atoms with Crippen molar-refractivity contribution in [3.63, 3.8) is 0 Å². The Morgan fingerprint density at radius 2 is 2.08 bits per heavy atom. The summed E-state index contributed by atoms with van der Waals surface area (Å²) in [5.41, 5.74) is 0.898. The third-order valence-electron chi connectivity index (χ3n) is 4.15. The molecule has 0 unspecified atom stereocenters. The average Bonchev–Trinajstić information content (AvgIpc) is 3.05. The van der Waals surface area contributed by atoms with Gasteiger partial charge in [0.1, 0.15) is 6.10 Å². The molecular formula is C17H18N2O4S. The Kier molecular flexibility index (Phi) is 4.38. The zero-order valence-corrected chi connectivity index (χ0v) is 14.3. The van der Waals surface area contributed by atoms with Gasteiger partial charge in [0.15, 0.2) is 0 Å². The number of nitrogens with zero attached hydrogens (tertiary/aromatic N) is 2. The fourth-order valence-corrected chi connectivity index (χ4v) is 3.46. The van der Waals surface area contributed by atoms with E-state index < -0.39 is 10.5 Å². The first kappa shape index (κ1) is 16.6. The van der Waals surface area contributed by atoms with Crippen molar-refractivity contribution in [2.45, 2.75) is 25.5 Å². The maximum atomic E-state index is 12.9. The maximum Gasteiger partial charge on any atom is 0.324 e.